The van der Waals surface area contributed by atoms with Gasteiger partial charge in [-0.05, 0) is 37.3 Å². The lowest BCUT2D eigenvalue weighted by Crippen LogP contribution is -2.28. The molecule has 3 aromatic rings. The second kappa shape index (κ2) is 8.26. The number of anilines is 2. The van der Waals surface area contributed by atoms with E-state index in [0.29, 0.717) is 23.5 Å². The monoisotopic (exact) mass is 366 g/mol. The van der Waals surface area contributed by atoms with E-state index < -0.39 is 0 Å². The van der Waals surface area contributed by atoms with Crippen LogP contribution in [-0.2, 0) is 6.54 Å². The summed E-state index contributed by atoms with van der Waals surface area (Å²) >= 11 is 1.50. The summed E-state index contributed by atoms with van der Waals surface area (Å²) in [7, 11) is 0. The molecule has 0 radical (unpaired) electrons. The molecule has 0 unspecified atom stereocenters. The molecule has 3 amide bonds. The lowest BCUT2D eigenvalue weighted by atomic mass is 10.2. The van der Waals surface area contributed by atoms with Gasteiger partial charge in [0, 0.05) is 28.0 Å². The second-order valence-corrected chi connectivity index (χ2v) is 6.53. The number of carbonyl (C=O) groups is 2. The van der Waals surface area contributed by atoms with Crippen molar-refractivity contribution in [3.8, 4) is 0 Å². The van der Waals surface area contributed by atoms with E-state index in [2.05, 4.69) is 20.9 Å². The van der Waals surface area contributed by atoms with Crippen molar-refractivity contribution in [1.82, 2.24) is 10.3 Å². The average Bonchev–Trinajstić information content (AvgIpc) is 3.06. The Hall–Kier alpha value is -3.19. The summed E-state index contributed by atoms with van der Waals surface area (Å²) in [4.78, 5) is 28.5. The highest BCUT2D eigenvalue weighted by atomic mass is 32.1. The average molecular weight is 366 g/mol. The molecule has 1 heterocycles. The summed E-state index contributed by atoms with van der Waals surface area (Å²) in [5.41, 5.74) is 2.70. The predicted octanol–water partition coefficient (Wildman–Crippen LogP) is 4.03. The van der Waals surface area contributed by atoms with Crippen LogP contribution in [0.4, 0.5) is 16.2 Å². The van der Waals surface area contributed by atoms with E-state index in [4.69, 9.17) is 0 Å². The number of hydrogen-bond donors (Lipinski definition) is 3. The number of amides is 3. The Morgan fingerprint density at radius 2 is 1.73 bits per heavy atom. The molecule has 0 aliphatic rings. The fraction of sp³-hybridized carbons (Fsp3) is 0.105. The number of aromatic nitrogens is 1. The van der Waals surface area contributed by atoms with Crippen molar-refractivity contribution in [2.45, 2.75) is 13.5 Å². The SMILES string of the molecule is Cc1csc(CNC(=O)Nc2cccc(NC(=O)c3ccccc3)c2)n1. The summed E-state index contributed by atoms with van der Waals surface area (Å²) in [6.07, 6.45) is 0. The molecule has 0 aliphatic heterocycles. The van der Waals surface area contributed by atoms with E-state index in [1.54, 1.807) is 48.5 Å². The van der Waals surface area contributed by atoms with Crippen LogP contribution in [0.3, 0.4) is 0 Å². The van der Waals surface area contributed by atoms with Gasteiger partial charge < -0.3 is 16.0 Å². The largest absolute Gasteiger partial charge is 0.331 e. The summed E-state index contributed by atoms with van der Waals surface area (Å²) in [5.74, 6) is -0.202. The zero-order chi connectivity index (χ0) is 18.4. The molecule has 3 rings (SSSR count). The summed E-state index contributed by atoms with van der Waals surface area (Å²) in [6.45, 7) is 2.28. The van der Waals surface area contributed by atoms with Crippen LogP contribution in [-0.4, -0.2) is 16.9 Å². The van der Waals surface area contributed by atoms with Crippen LogP contribution < -0.4 is 16.0 Å². The van der Waals surface area contributed by atoms with E-state index >= 15 is 0 Å². The predicted molar refractivity (Wildman–Crippen MR) is 104 cm³/mol. The van der Waals surface area contributed by atoms with Crippen molar-refractivity contribution >= 4 is 34.6 Å². The minimum absolute atomic E-state index is 0.202. The van der Waals surface area contributed by atoms with Gasteiger partial charge in [-0.1, -0.05) is 24.3 Å². The first-order valence-electron chi connectivity index (χ1n) is 8.02. The number of aryl methyl sites for hydroxylation is 1. The van der Waals surface area contributed by atoms with E-state index in [0.717, 1.165) is 10.7 Å². The molecule has 26 heavy (non-hydrogen) atoms. The Morgan fingerprint density at radius 1 is 1.00 bits per heavy atom. The molecular formula is C19H18N4O2S. The van der Waals surface area contributed by atoms with Crippen LogP contribution in [0.5, 0.6) is 0 Å². The number of hydrogen-bond acceptors (Lipinski definition) is 4. The van der Waals surface area contributed by atoms with Crippen molar-refractivity contribution in [2.75, 3.05) is 10.6 Å². The molecular weight excluding hydrogens is 348 g/mol. The van der Waals surface area contributed by atoms with Gasteiger partial charge in [0.05, 0.1) is 6.54 Å². The van der Waals surface area contributed by atoms with Crippen molar-refractivity contribution in [3.63, 3.8) is 0 Å². The Bertz CT molecular complexity index is 909. The first-order chi connectivity index (χ1) is 12.6. The molecule has 132 valence electrons. The van der Waals surface area contributed by atoms with Gasteiger partial charge >= 0.3 is 6.03 Å². The zero-order valence-corrected chi connectivity index (χ0v) is 15.0. The lowest BCUT2D eigenvalue weighted by molar-refractivity contribution is 0.102. The smallest absolute Gasteiger partial charge is 0.319 e. The summed E-state index contributed by atoms with van der Waals surface area (Å²) in [5, 5.41) is 11.1. The first kappa shape index (κ1) is 17.6. The minimum Gasteiger partial charge on any atom is -0.331 e. The maximum Gasteiger partial charge on any atom is 0.319 e. The molecule has 3 N–H and O–H groups in total. The number of rotatable bonds is 5. The molecule has 0 aliphatic carbocycles. The number of thiazole rings is 1. The Morgan fingerprint density at radius 3 is 2.42 bits per heavy atom. The second-order valence-electron chi connectivity index (χ2n) is 5.59. The third-order valence-corrected chi connectivity index (χ3v) is 4.45. The molecule has 2 aromatic carbocycles. The van der Waals surface area contributed by atoms with Gasteiger partial charge in [-0.3, -0.25) is 4.79 Å². The summed E-state index contributed by atoms with van der Waals surface area (Å²) in [6, 6.07) is 15.6. The van der Waals surface area contributed by atoms with Gasteiger partial charge in [-0.2, -0.15) is 0 Å². The first-order valence-corrected chi connectivity index (χ1v) is 8.90. The third kappa shape index (κ3) is 4.90. The Kier molecular flexibility index (Phi) is 5.60. The number of nitrogens with one attached hydrogen (secondary N) is 3. The van der Waals surface area contributed by atoms with Crippen molar-refractivity contribution < 1.29 is 9.59 Å². The fourth-order valence-electron chi connectivity index (χ4n) is 2.28. The van der Waals surface area contributed by atoms with Gasteiger partial charge in [0.25, 0.3) is 5.91 Å². The highest BCUT2D eigenvalue weighted by Gasteiger charge is 2.07. The van der Waals surface area contributed by atoms with Crippen LogP contribution in [0, 0.1) is 6.92 Å². The van der Waals surface area contributed by atoms with Crippen LogP contribution >= 0.6 is 11.3 Å². The van der Waals surface area contributed by atoms with E-state index in [-0.39, 0.29) is 11.9 Å². The molecule has 1 aromatic heterocycles. The molecule has 0 spiro atoms. The van der Waals surface area contributed by atoms with Crippen LogP contribution in [0.15, 0.2) is 60.0 Å². The van der Waals surface area contributed by atoms with Crippen molar-refractivity contribution in [2.24, 2.45) is 0 Å². The topological polar surface area (TPSA) is 83.1 Å². The third-order valence-electron chi connectivity index (χ3n) is 3.48. The number of urea groups is 1. The highest BCUT2D eigenvalue weighted by molar-refractivity contribution is 7.09. The standard InChI is InChI=1S/C19H18N4O2S/c1-13-12-26-17(21-13)11-20-19(25)23-16-9-5-8-15(10-16)22-18(24)14-6-3-2-4-7-14/h2-10,12H,11H2,1H3,(H,22,24)(H2,20,23,25). The Labute approximate surface area is 155 Å². The number of carbonyl (C=O) groups excluding carboxylic acids is 2. The quantitative estimate of drug-likeness (QED) is 0.638. The summed E-state index contributed by atoms with van der Waals surface area (Å²) < 4.78 is 0. The van der Waals surface area contributed by atoms with Gasteiger partial charge in [-0.15, -0.1) is 11.3 Å². The zero-order valence-electron chi connectivity index (χ0n) is 14.2. The molecule has 0 bridgehead atoms. The molecule has 0 saturated heterocycles. The van der Waals surface area contributed by atoms with Gasteiger partial charge in [0.1, 0.15) is 5.01 Å². The molecule has 6 nitrogen and oxygen atoms in total. The number of nitrogens with zero attached hydrogens (tertiary/aromatic N) is 1. The molecule has 0 saturated carbocycles. The maximum atomic E-state index is 12.2. The molecule has 7 heteroatoms. The van der Waals surface area contributed by atoms with E-state index in [1.165, 1.54) is 11.3 Å². The van der Waals surface area contributed by atoms with Crippen LogP contribution in [0.25, 0.3) is 0 Å². The van der Waals surface area contributed by atoms with E-state index in [1.807, 2.05) is 18.4 Å². The minimum atomic E-state index is -0.329. The van der Waals surface area contributed by atoms with Gasteiger partial charge in [0.15, 0.2) is 0 Å². The molecule has 0 atom stereocenters. The van der Waals surface area contributed by atoms with Gasteiger partial charge in [-0.25, -0.2) is 9.78 Å². The van der Waals surface area contributed by atoms with Gasteiger partial charge in [0.2, 0.25) is 0 Å². The normalized spacial score (nSPS) is 10.2. The molecule has 0 fully saturated rings. The van der Waals surface area contributed by atoms with Crippen molar-refractivity contribution in [1.29, 1.82) is 0 Å². The fourth-order valence-corrected chi connectivity index (χ4v) is 2.99. The van der Waals surface area contributed by atoms with Crippen molar-refractivity contribution in [3.05, 3.63) is 76.2 Å². The lowest BCUT2D eigenvalue weighted by Gasteiger charge is -2.09. The number of benzene rings is 2. The maximum absolute atomic E-state index is 12.2. The van der Waals surface area contributed by atoms with Crippen LogP contribution in [0.2, 0.25) is 0 Å². The highest BCUT2D eigenvalue weighted by Crippen LogP contribution is 2.16. The Balaban J connectivity index is 1.56. The van der Waals surface area contributed by atoms with Crippen LogP contribution in [0.1, 0.15) is 21.1 Å². The van der Waals surface area contributed by atoms with E-state index in [9.17, 15) is 9.59 Å².